The van der Waals surface area contributed by atoms with Crippen molar-refractivity contribution in [3.8, 4) is 0 Å². The molecule has 4 heteroatoms. The second-order valence-corrected chi connectivity index (χ2v) is 6.40. The fourth-order valence-corrected chi connectivity index (χ4v) is 2.55. The second-order valence-electron chi connectivity index (χ2n) is 6.40. The number of nitrogens with zero attached hydrogens (tertiary/aromatic N) is 2. The zero-order valence-electron chi connectivity index (χ0n) is 13.9. The predicted octanol–water partition coefficient (Wildman–Crippen LogP) is 2.75. The summed E-state index contributed by atoms with van der Waals surface area (Å²) in [5.41, 5.74) is 3.71. The Kier molecular flexibility index (Phi) is 6.00. The molecule has 0 aliphatic heterocycles. The Morgan fingerprint density at radius 2 is 2.19 bits per heavy atom. The number of ether oxygens (including phenoxy) is 1. The average molecular weight is 291 g/mol. The summed E-state index contributed by atoms with van der Waals surface area (Å²) < 4.78 is 5.28. The van der Waals surface area contributed by atoms with Gasteiger partial charge in [-0.2, -0.15) is 0 Å². The molecule has 0 radical (unpaired) electrons. The Morgan fingerprint density at radius 3 is 2.81 bits per heavy atom. The van der Waals surface area contributed by atoms with Crippen molar-refractivity contribution < 1.29 is 4.74 Å². The van der Waals surface area contributed by atoms with Gasteiger partial charge in [0.15, 0.2) is 0 Å². The summed E-state index contributed by atoms with van der Waals surface area (Å²) in [4.78, 5) is 6.99. The highest BCUT2D eigenvalue weighted by molar-refractivity contribution is 5.55. The molecule has 21 heavy (non-hydrogen) atoms. The van der Waals surface area contributed by atoms with Crippen molar-refractivity contribution >= 4 is 5.69 Å². The third-order valence-electron chi connectivity index (χ3n) is 3.80. The van der Waals surface area contributed by atoms with E-state index in [2.05, 4.69) is 42.0 Å². The number of nitrogens with one attached hydrogen (secondary N) is 1. The van der Waals surface area contributed by atoms with Crippen molar-refractivity contribution in [2.75, 3.05) is 31.7 Å². The fourth-order valence-electron chi connectivity index (χ4n) is 2.55. The standard InChI is InChI=1S/C17H29N3O/c1-13(2)10-18-11-15-12-19-14(3)9-17(15)20(7-8-21-4)16-5-6-16/h9,12-13,16,18H,5-8,10-11H2,1-4H3. The van der Waals surface area contributed by atoms with Gasteiger partial charge in [0, 0.05) is 49.4 Å². The van der Waals surface area contributed by atoms with Crippen LogP contribution in [-0.4, -0.2) is 37.8 Å². The number of anilines is 1. The monoisotopic (exact) mass is 291 g/mol. The van der Waals surface area contributed by atoms with Crippen molar-refractivity contribution in [2.24, 2.45) is 5.92 Å². The van der Waals surface area contributed by atoms with E-state index in [9.17, 15) is 0 Å². The van der Waals surface area contributed by atoms with Gasteiger partial charge in [-0.05, 0) is 38.3 Å². The van der Waals surface area contributed by atoms with Crippen LogP contribution in [0.5, 0.6) is 0 Å². The molecule has 0 aromatic carbocycles. The Hall–Kier alpha value is -1.13. The lowest BCUT2D eigenvalue weighted by Gasteiger charge is -2.27. The number of aryl methyl sites for hydroxylation is 1. The van der Waals surface area contributed by atoms with Gasteiger partial charge in [0.25, 0.3) is 0 Å². The van der Waals surface area contributed by atoms with Crippen molar-refractivity contribution in [3.05, 3.63) is 23.5 Å². The summed E-state index contributed by atoms with van der Waals surface area (Å²) in [7, 11) is 1.77. The van der Waals surface area contributed by atoms with Crippen LogP contribution in [-0.2, 0) is 11.3 Å². The second kappa shape index (κ2) is 7.76. The molecule has 1 aliphatic rings. The van der Waals surface area contributed by atoms with E-state index < -0.39 is 0 Å². The highest BCUT2D eigenvalue weighted by Gasteiger charge is 2.30. The first-order chi connectivity index (χ1) is 10.1. The van der Waals surface area contributed by atoms with E-state index in [1.807, 2.05) is 6.20 Å². The molecular formula is C17H29N3O. The van der Waals surface area contributed by atoms with Gasteiger partial charge in [0.2, 0.25) is 0 Å². The third kappa shape index (κ3) is 4.97. The van der Waals surface area contributed by atoms with Gasteiger partial charge in [-0.3, -0.25) is 4.98 Å². The minimum atomic E-state index is 0.667. The Bertz CT molecular complexity index is 444. The number of hydrogen-bond acceptors (Lipinski definition) is 4. The minimum Gasteiger partial charge on any atom is -0.383 e. The Morgan fingerprint density at radius 1 is 1.43 bits per heavy atom. The Labute approximate surface area is 128 Å². The van der Waals surface area contributed by atoms with Crippen LogP contribution in [0.4, 0.5) is 5.69 Å². The molecule has 1 aliphatic carbocycles. The molecule has 1 N–H and O–H groups in total. The normalized spacial score (nSPS) is 14.7. The number of rotatable bonds is 9. The molecule has 1 fully saturated rings. The summed E-state index contributed by atoms with van der Waals surface area (Å²) in [5, 5.41) is 3.53. The molecule has 2 rings (SSSR count). The molecule has 1 aromatic rings. The van der Waals surface area contributed by atoms with Crippen molar-refractivity contribution in [3.63, 3.8) is 0 Å². The van der Waals surface area contributed by atoms with Crippen LogP contribution in [0.1, 0.15) is 37.9 Å². The van der Waals surface area contributed by atoms with Gasteiger partial charge < -0.3 is 15.0 Å². The minimum absolute atomic E-state index is 0.667. The zero-order valence-corrected chi connectivity index (χ0v) is 13.9. The molecule has 0 amide bonds. The van der Waals surface area contributed by atoms with Gasteiger partial charge >= 0.3 is 0 Å². The van der Waals surface area contributed by atoms with E-state index in [0.29, 0.717) is 12.0 Å². The molecule has 1 aromatic heterocycles. The van der Waals surface area contributed by atoms with Crippen molar-refractivity contribution in [1.29, 1.82) is 0 Å². The van der Waals surface area contributed by atoms with Crippen LogP contribution in [0.3, 0.4) is 0 Å². The van der Waals surface area contributed by atoms with Crippen molar-refractivity contribution in [2.45, 2.75) is 46.2 Å². The molecule has 0 bridgehead atoms. The smallest absolute Gasteiger partial charge is 0.0637 e. The molecule has 1 heterocycles. The highest BCUT2D eigenvalue weighted by Crippen LogP contribution is 2.33. The first-order valence-electron chi connectivity index (χ1n) is 8.03. The maximum absolute atomic E-state index is 5.28. The SMILES string of the molecule is COCCN(c1cc(C)ncc1CNCC(C)C)C1CC1. The number of methoxy groups -OCH3 is 1. The topological polar surface area (TPSA) is 37.4 Å². The lowest BCUT2D eigenvalue weighted by Crippen LogP contribution is -2.31. The summed E-state index contributed by atoms with van der Waals surface area (Å²) >= 11 is 0. The van der Waals surface area contributed by atoms with Gasteiger partial charge in [0.05, 0.1) is 6.61 Å². The van der Waals surface area contributed by atoms with Crippen LogP contribution in [0.25, 0.3) is 0 Å². The molecule has 0 saturated heterocycles. The maximum Gasteiger partial charge on any atom is 0.0637 e. The van der Waals surface area contributed by atoms with Gasteiger partial charge in [0.1, 0.15) is 0 Å². The van der Waals surface area contributed by atoms with Crippen LogP contribution < -0.4 is 10.2 Å². The summed E-state index contributed by atoms with van der Waals surface area (Å²) in [6.07, 6.45) is 4.62. The third-order valence-corrected chi connectivity index (χ3v) is 3.80. The van der Waals surface area contributed by atoms with Crippen molar-refractivity contribution in [1.82, 2.24) is 10.3 Å². The van der Waals surface area contributed by atoms with E-state index in [0.717, 1.165) is 31.9 Å². The van der Waals surface area contributed by atoms with Gasteiger partial charge in [-0.25, -0.2) is 0 Å². The van der Waals surface area contributed by atoms with E-state index in [1.165, 1.54) is 24.1 Å². The van der Waals surface area contributed by atoms with Gasteiger partial charge in [-0.15, -0.1) is 0 Å². The largest absolute Gasteiger partial charge is 0.383 e. The lowest BCUT2D eigenvalue weighted by atomic mass is 10.1. The van der Waals surface area contributed by atoms with E-state index >= 15 is 0 Å². The van der Waals surface area contributed by atoms with Crippen LogP contribution in [0.2, 0.25) is 0 Å². The predicted molar refractivity (Wildman–Crippen MR) is 87.8 cm³/mol. The molecule has 1 saturated carbocycles. The first-order valence-corrected chi connectivity index (χ1v) is 8.03. The maximum atomic E-state index is 5.28. The van der Waals surface area contributed by atoms with Gasteiger partial charge in [-0.1, -0.05) is 13.8 Å². The van der Waals surface area contributed by atoms with E-state index in [-0.39, 0.29) is 0 Å². The molecule has 0 spiro atoms. The number of pyridine rings is 1. The van der Waals surface area contributed by atoms with E-state index in [4.69, 9.17) is 4.74 Å². The molecular weight excluding hydrogens is 262 g/mol. The summed E-state index contributed by atoms with van der Waals surface area (Å²) in [6, 6.07) is 2.91. The molecule has 0 atom stereocenters. The zero-order chi connectivity index (χ0) is 15.2. The van der Waals surface area contributed by atoms with Crippen LogP contribution in [0.15, 0.2) is 12.3 Å². The van der Waals surface area contributed by atoms with E-state index in [1.54, 1.807) is 7.11 Å². The lowest BCUT2D eigenvalue weighted by molar-refractivity contribution is 0.205. The van der Waals surface area contributed by atoms with Crippen LogP contribution >= 0.6 is 0 Å². The summed E-state index contributed by atoms with van der Waals surface area (Å²) in [5.74, 6) is 0.667. The molecule has 0 unspecified atom stereocenters. The molecule has 4 nitrogen and oxygen atoms in total. The highest BCUT2D eigenvalue weighted by atomic mass is 16.5. The Balaban J connectivity index is 2.12. The number of hydrogen-bond donors (Lipinski definition) is 1. The molecule has 118 valence electrons. The first kappa shape index (κ1) is 16.2. The fraction of sp³-hybridized carbons (Fsp3) is 0.706. The number of aromatic nitrogens is 1. The summed E-state index contributed by atoms with van der Waals surface area (Å²) in [6.45, 7) is 10.2. The quantitative estimate of drug-likeness (QED) is 0.759. The average Bonchev–Trinajstić information content (AvgIpc) is 3.26. The van der Waals surface area contributed by atoms with Crippen LogP contribution in [0, 0.1) is 12.8 Å².